The Labute approximate surface area is 106 Å². The topological polar surface area (TPSA) is 53.6 Å². The second-order valence-electron chi connectivity index (χ2n) is 5.71. The Morgan fingerprint density at radius 2 is 1.94 bits per heavy atom. The van der Waals surface area contributed by atoms with E-state index in [1.54, 1.807) is 0 Å². The third-order valence-electron chi connectivity index (χ3n) is 3.35. The first-order chi connectivity index (χ1) is 7.99. The molecule has 1 atom stereocenters. The van der Waals surface area contributed by atoms with Crippen LogP contribution in [0.15, 0.2) is 4.99 Å². The van der Waals surface area contributed by atoms with E-state index in [2.05, 4.69) is 43.2 Å². The molecular weight excluding hydrogens is 212 g/mol. The summed E-state index contributed by atoms with van der Waals surface area (Å²) >= 11 is 0. The van der Waals surface area contributed by atoms with Crippen molar-refractivity contribution in [3.05, 3.63) is 0 Å². The highest BCUT2D eigenvalue weighted by molar-refractivity contribution is 5.78. The zero-order valence-corrected chi connectivity index (χ0v) is 11.7. The van der Waals surface area contributed by atoms with Gasteiger partial charge in [-0.05, 0) is 32.9 Å². The molecule has 1 fully saturated rings. The number of nitrogens with zero attached hydrogens (tertiary/aromatic N) is 2. The third kappa shape index (κ3) is 5.39. The van der Waals surface area contributed by atoms with Gasteiger partial charge in [0.1, 0.15) is 0 Å². The molecule has 4 heteroatoms. The van der Waals surface area contributed by atoms with Crippen molar-refractivity contribution in [2.75, 3.05) is 20.6 Å². The smallest absolute Gasteiger partial charge is 0.189 e. The lowest BCUT2D eigenvalue weighted by molar-refractivity contribution is 0.312. The second kappa shape index (κ2) is 6.84. The van der Waals surface area contributed by atoms with E-state index in [0.29, 0.717) is 24.0 Å². The van der Waals surface area contributed by atoms with Crippen molar-refractivity contribution in [1.29, 1.82) is 0 Å². The van der Waals surface area contributed by atoms with Gasteiger partial charge in [-0.15, -0.1) is 0 Å². The summed E-state index contributed by atoms with van der Waals surface area (Å²) < 4.78 is 0. The lowest BCUT2D eigenvalue weighted by Gasteiger charge is -2.26. The first kappa shape index (κ1) is 14.3. The van der Waals surface area contributed by atoms with Gasteiger partial charge in [0.2, 0.25) is 0 Å². The van der Waals surface area contributed by atoms with Crippen molar-refractivity contribution < 1.29 is 0 Å². The Morgan fingerprint density at radius 1 is 1.35 bits per heavy atom. The highest BCUT2D eigenvalue weighted by atomic mass is 15.2. The van der Waals surface area contributed by atoms with E-state index < -0.39 is 0 Å². The van der Waals surface area contributed by atoms with Gasteiger partial charge in [0, 0.05) is 12.6 Å². The molecule has 0 bridgehead atoms. The van der Waals surface area contributed by atoms with Crippen LogP contribution in [0, 0.1) is 5.92 Å². The van der Waals surface area contributed by atoms with Gasteiger partial charge in [-0.3, -0.25) is 4.99 Å². The predicted octanol–water partition coefficient (Wildman–Crippen LogP) is 1.42. The molecule has 0 aliphatic heterocycles. The first-order valence-electron chi connectivity index (χ1n) is 6.73. The molecule has 0 aromatic heterocycles. The van der Waals surface area contributed by atoms with Crippen LogP contribution in [0.1, 0.15) is 39.5 Å². The lowest BCUT2D eigenvalue weighted by Crippen LogP contribution is -2.48. The van der Waals surface area contributed by atoms with E-state index in [1.807, 2.05) is 0 Å². The van der Waals surface area contributed by atoms with Crippen LogP contribution in [-0.4, -0.2) is 43.6 Å². The molecule has 1 saturated carbocycles. The van der Waals surface area contributed by atoms with Gasteiger partial charge in [-0.1, -0.05) is 26.7 Å². The molecule has 0 amide bonds. The SMILES string of the molecule is CC(C)C(CN(C)C)NC(N)=NC1CCCC1. The maximum atomic E-state index is 5.99. The van der Waals surface area contributed by atoms with Crippen molar-refractivity contribution >= 4 is 5.96 Å². The fourth-order valence-electron chi connectivity index (χ4n) is 2.27. The summed E-state index contributed by atoms with van der Waals surface area (Å²) in [5.74, 6) is 1.17. The summed E-state index contributed by atoms with van der Waals surface area (Å²) in [5, 5.41) is 3.36. The van der Waals surface area contributed by atoms with Crippen LogP contribution >= 0.6 is 0 Å². The molecular formula is C13H28N4. The summed E-state index contributed by atoms with van der Waals surface area (Å²) in [7, 11) is 4.17. The van der Waals surface area contributed by atoms with Gasteiger partial charge in [0.05, 0.1) is 6.04 Å². The van der Waals surface area contributed by atoms with Gasteiger partial charge in [-0.25, -0.2) is 0 Å². The van der Waals surface area contributed by atoms with Crippen LogP contribution in [0.5, 0.6) is 0 Å². The van der Waals surface area contributed by atoms with Crippen LogP contribution in [-0.2, 0) is 0 Å². The lowest BCUT2D eigenvalue weighted by atomic mass is 10.0. The predicted molar refractivity (Wildman–Crippen MR) is 74.2 cm³/mol. The van der Waals surface area contributed by atoms with Crippen LogP contribution in [0.4, 0.5) is 0 Å². The summed E-state index contributed by atoms with van der Waals surface area (Å²) in [6.45, 7) is 5.41. The Morgan fingerprint density at radius 3 is 2.41 bits per heavy atom. The van der Waals surface area contributed by atoms with Gasteiger partial charge in [0.25, 0.3) is 0 Å². The van der Waals surface area contributed by atoms with E-state index >= 15 is 0 Å². The average Bonchev–Trinajstić information content (AvgIpc) is 2.68. The molecule has 1 aliphatic carbocycles. The molecule has 0 aromatic rings. The van der Waals surface area contributed by atoms with Crippen LogP contribution in [0.2, 0.25) is 0 Å². The summed E-state index contributed by atoms with van der Waals surface area (Å²) in [6, 6.07) is 0.824. The molecule has 0 aromatic carbocycles. The molecule has 0 radical (unpaired) electrons. The van der Waals surface area contributed by atoms with E-state index in [9.17, 15) is 0 Å². The molecule has 1 unspecified atom stereocenters. The van der Waals surface area contributed by atoms with Crippen molar-refractivity contribution in [2.45, 2.75) is 51.6 Å². The molecule has 17 heavy (non-hydrogen) atoms. The number of hydrogen-bond acceptors (Lipinski definition) is 2. The van der Waals surface area contributed by atoms with E-state index in [-0.39, 0.29) is 0 Å². The Balaban J connectivity index is 2.47. The van der Waals surface area contributed by atoms with E-state index in [4.69, 9.17) is 5.73 Å². The third-order valence-corrected chi connectivity index (χ3v) is 3.35. The van der Waals surface area contributed by atoms with Gasteiger partial charge in [0.15, 0.2) is 5.96 Å². The Hall–Kier alpha value is -0.770. The normalized spacial score (nSPS) is 20.2. The van der Waals surface area contributed by atoms with E-state index in [1.165, 1.54) is 25.7 Å². The monoisotopic (exact) mass is 240 g/mol. The Bertz CT molecular complexity index is 242. The standard InChI is InChI=1S/C13H28N4/c1-10(2)12(9-17(3)4)16-13(14)15-11-7-5-6-8-11/h10-12H,5-9H2,1-4H3,(H3,14,15,16). The highest BCUT2D eigenvalue weighted by Crippen LogP contribution is 2.20. The molecule has 0 saturated heterocycles. The van der Waals surface area contributed by atoms with Gasteiger partial charge >= 0.3 is 0 Å². The molecule has 4 nitrogen and oxygen atoms in total. The zero-order valence-electron chi connectivity index (χ0n) is 11.7. The molecule has 0 heterocycles. The van der Waals surface area contributed by atoms with Gasteiger partial charge in [-0.2, -0.15) is 0 Å². The van der Waals surface area contributed by atoms with Gasteiger partial charge < -0.3 is 16.0 Å². The first-order valence-corrected chi connectivity index (χ1v) is 6.73. The zero-order chi connectivity index (χ0) is 12.8. The fourth-order valence-corrected chi connectivity index (χ4v) is 2.27. The minimum absolute atomic E-state index is 0.371. The summed E-state index contributed by atoms with van der Waals surface area (Å²) in [4.78, 5) is 6.75. The summed E-state index contributed by atoms with van der Waals surface area (Å²) in [5.41, 5.74) is 5.99. The molecule has 1 rings (SSSR count). The van der Waals surface area contributed by atoms with Crippen molar-refractivity contribution in [3.8, 4) is 0 Å². The van der Waals surface area contributed by atoms with Crippen molar-refractivity contribution in [3.63, 3.8) is 0 Å². The number of nitrogens with two attached hydrogens (primary N) is 1. The quantitative estimate of drug-likeness (QED) is 0.564. The van der Waals surface area contributed by atoms with Crippen LogP contribution in [0.25, 0.3) is 0 Å². The molecule has 3 N–H and O–H groups in total. The highest BCUT2D eigenvalue weighted by Gasteiger charge is 2.17. The molecule has 100 valence electrons. The maximum absolute atomic E-state index is 5.99. The minimum atomic E-state index is 0.371. The maximum Gasteiger partial charge on any atom is 0.189 e. The summed E-state index contributed by atoms with van der Waals surface area (Å²) in [6.07, 6.45) is 4.99. The van der Waals surface area contributed by atoms with Crippen LogP contribution in [0.3, 0.4) is 0 Å². The molecule has 1 aliphatic rings. The number of likely N-dealkylation sites (N-methyl/N-ethyl adjacent to an activating group) is 1. The average molecular weight is 240 g/mol. The number of rotatable bonds is 5. The molecule has 0 spiro atoms. The number of aliphatic imine (C=N–C) groups is 1. The largest absolute Gasteiger partial charge is 0.370 e. The van der Waals surface area contributed by atoms with E-state index in [0.717, 1.165) is 6.54 Å². The number of hydrogen-bond donors (Lipinski definition) is 2. The Kier molecular flexibility index (Phi) is 5.75. The van der Waals surface area contributed by atoms with Crippen LogP contribution < -0.4 is 11.1 Å². The number of nitrogens with one attached hydrogen (secondary N) is 1. The minimum Gasteiger partial charge on any atom is -0.370 e. The number of guanidine groups is 1. The van der Waals surface area contributed by atoms with Crippen molar-refractivity contribution in [2.24, 2.45) is 16.6 Å². The fraction of sp³-hybridized carbons (Fsp3) is 0.923. The second-order valence-corrected chi connectivity index (χ2v) is 5.71. The van der Waals surface area contributed by atoms with Crippen molar-refractivity contribution in [1.82, 2.24) is 10.2 Å².